The summed E-state index contributed by atoms with van der Waals surface area (Å²) in [5.41, 5.74) is 3.02. The average Bonchev–Trinajstić information content (AvgIpc) is 3.47. The zero-order valence-electron chi connectivity index (χ0n) is 17.2. The van der Waals surface area contributed by atoms with E-state index in [-0.39, 0.29) is 11.9 Å². The van der Waals surface area contributed by atoms with E-state index in [1.807, 2.05) is 53.9 Å². The normalized spacial score (nSPS) is 15.1. The Bertz CT molecular complexity index is 967. The fraction of sp³-hybridized carbons (Fsp3) is 0.333. The summed E-state index contributed by atoms with van der Waals surface area (Å²) >= 11 is 1.58. The van der Waals surface area contributed by atoms with Gasteiger partial charge in [-0.3, -0.25) is 9.69 Å². The molecule has 1 aliphatic heterocycles. The number of likely N-dealkylation sites (tertiary alicyclic amines) is 1. The lowest BCUT2D eigenvalue weighted by Crippen LogP contribution is -2.37. The topological polar surface area (TPSA) is 54.5 Å². The molecule has 156 valence electrons. The van der Waals surface area contributed by atoms with E-state index in [0.29, 0.717) is 13.0 Å². The lowest BCUT2D eigenvalue weighted by atomic mass is 10.0. The summed E-state index contributed by atoms with van der Waals surface area (Å²) in [6.07, 6.45) is 2.68. The summed E-state index contributed by atoms with van der Waals surface area (Å²) in [7, 11) is 1.70. The van der Waals surface area contributed by atoms with E-state index in [0.717, 1.165) is 40.7 Å². The SMILES string of the molecule is COc1ccccc1C(CNC(=O)Cc1csc(-c2ccccc2)n1)N1CCCC1. The first kappa shape index (κ1) is 20.6. The van der Waals surface area contributed by atoms with Gasteiger partial charge in [-0.1, -0.05) is 48.5 Å². The van der Waals surface area contributed by atoms with Crippen LogP contribution in [-0.4, -0.2) is 42.5 Å². The van der Waals surface area contributed by atoms with Crippen LogP contribution in [0.5, 0.6) is 5.75 Å². The molecule has 6 heteroatoms. The molecule has 1 fully saturated rings. The molecule has 1 N–H and O–H groups in total. The Hall–Kier alpha value is -2.70. The maximum atomic E-state index is 12.7. The average molecular weight is 422 g/mol. The highest BCUT2D eigenvalue weighted by molar-refractivity contribution is 7.13. The molecule has 1 amide bonds. The standard InChI is InChI=1S/C24H27N3O2S/c1-29-22-12-6-5-11-20(22)21(27-13-7-8-14-27)16-25-23(28)15-19-17-30-24(26-19)18-9-3-2-4-10-18/h2-6,9-12,17,21H,7-8,13-16H2,1H3,(H,25,28). The molecule has 0 bridgehead atoms. The minimum atomic E-state index is -0.000920. The van der Waals surface area contributed by atoms with Crippen molar-refractivity contribution in [1.82, 2.24) is 15.2 Å². The van der Waals surface area contributed by atoms with Gasteiger partial charge in [0, 0.05) is 23.1 Å². The predicted molar refractivity (Wildman–Crippen MR) is 121 cm³/mol. The Kier molecular flexibility index (Phi) is 6.77. The van der Waals surface area contributed by atoms with Crippen molar-refractivity contribution in [3.63, 3.8) is 0 Å². The van der Waals surface area contributed by atoms with E-state index < -0.39 is 0 Å². The van der Waals surface area contributed by atoms with Crippen LogP contribution >= 0.6 is 11.3 Å². The minimum Gasteiger partial charge on any atom is -0.496 e. The maximum Gasteiger partial charge on any atom is 0.226 e. The van der Waals surface area contributed by atoms with Crippen molar-refractivity contribution in [3.05, 3.63) is 71.2 Å². The molecular formula is C24H27N3O2S. The van der Waals surface area contributed by atoms with Crippen LogP contribution in [0.15, 0.2) is 60.0 Å². The third-order valence-corrected chi connectivity index (χ3v) is 6.43. The molecular weight excluding hydrogens is 394 g/mol. The fourth-order valence-corrected chi connectivity index (χ4v) is 4.80. The van der Waals surface area contributed by atoms with Crippen molar-refractivity contribution in [2.24, 2.45) is 0 Å². The molecule has 2 aromatic carbocycles. The van der Waals surface area contributed by atoms with E-state index in [9.17, 15) is 4.79 Å². The van der Waals surface area contributed by atoms with Gasteiger partial charge in [0.25, 0.3) is 0 Å². The molecule has 5 nitrogen and oxygen atoms in total. The first-order chi connectivity index (χ1) is 14.7. The molecule has 3 aromatic rings. The highest BCUT2D eigenvalue weighted by Gasteiger charge is 2.26. The van der Waals surface area contributed by atoms with Crippen molar-refractivity contribution in [2.45, 2.75) is 25.3 Å². The van der Waals surface area contributed by atoms with Gasteiger partial charge in [0.05, 0.1) is 25.3 Å². The molecule has 0 aliphatic carbocycles. The van der Waals surface area contributed by atoms with Crippen LogP contribution in [0.25, 0.3) is 10.6 Å². The molecule has 1 aromatic heterocycles. The van der Waals surface area contributed by atoms with E-state index >= 15 is 0 Å². The molecule has 0 spiro atoms. The maximum absolute atomic E-state index is 12.7. The molecule has 0 radical (unpaired) electrons. The van der Waals surface area contributed by atoms with Crippen molar-refractivity contribution in [1.29, 1.82) is 0 Å². The van der Waals surface area contributed by atoms with E-state index in [4.69, 9.17) is 4.74 Å². The van der Waals surface area contributed by atoms with Gasteiger partial charge < -0.3 is 10.1 Å². The van der Waals surface area contributed by atoms with Crippen LogP contribution in [0, 0.1) is 0 Å². The number of nitrogens with zero attached hydrogens (tertiary/aromatic N) is 2. The number of carbonyl (C=O) groups is 1. The number of benzene rings is 2. The van der Waals surface area contributed by atoms with Gasteiger partial charge >= 0.3 is 0 Å². The summed E-state index contributed by atoms with van der Waals surface area (Å²) < 4.78 is 5.59. The van der Waals surface area contributed by atoms with Crippen LogP contribution in [0.3, 0.4) is 0 Å². The third-order valence-electron chi connectivity index (χ3n) is 5.49. The Labute approximate surface area is 181 Å². The number of ether oxygens (including phenoxy) is 1. The Morgan fingerprint density at radius 2 is 1.87 bits per heavy atom. The second-order valence-electron chi connectivity index (χ2n) is 7.49. The second-order valence-corrected chi connectivity index (χ2v) is 8.35. The summed E-state index contributed by atoms with van der Waals surface area (Å²) in [6, 6.07) is 18.3. The fourth-order valence-electron chi connectivity index (χ4n) is 3.97. The zero-order chi connectivity index (χ0) is 20.8. The summed E-state index contributed by atoms with van der Waals surface area (Å²) in [5, 5.41) is 6.05. The monoisotopic (exact) mass is 421 g/mol. The molecule has 0 saturated carbocycles. The lowest BCUT2D eigenvalue weighted by molar-refractivity contribution is -0.120. The first-order valence-corrected chi connectivity index (χ1v) is 11.3. The molecule has 1 aliphatic rings. The number of amides is 1. The molecule has 1 saturated heterocycles. The first-order valence-electron chi connectivity index (χ1n) is 10.4. The van der Waals surface area contributed by atoms with Crippen LogP contribution in [0.4, 0.5) is 0 Å². The van der Waals surface area contributed by atoms with Gasteiger partial charge in [-0.2, -0.15) is 0 Å². The number of carbonyl (C=O) groups excluding carboxylic acids is 1. The Morgan fingerprint density at radius 1 is 1.13 bits per heavy atom. The van der Waals surface area contributed by atoms with Crippen molar-refractivity contribution >= 4 is 17.2 Å². The van der Waals surface area contributed by atoms with E-state index in [1.54, 1.807) is 18.4 Å². The van der Waals surface area contributed by atoms with Gasteiger partial charge in [0.15, 0.2) is 0 Å². The third kappa shape index (κ3) is 4.89. The molecule has 1 atom stereocenters. The quantitative estimate of drug-likeness (QED) is 0.589. The van der Waals surface area contributed by atoms with Crippen LogP contribution in [-0.2, 0) is 11.2 Å². The number of thiazole rings is 1. The number of hydrogen-bond acceptors (Lipinski definition) is 5. The number of rotatable bonds is 8. The van der Waals surface area contributed by atoms with Crippen molar-refractivity contribution in [2.75, 3.05) is 26.7 Å². The van der Waals surface area contributed by atoms with Gasteiger partial charge in [-0.25, -0.2) is 4.98 Å². The van der Waals surface area contributed by atoms with E-state index in [1.165, 1.54) is 12.8 Å². The van der Waals surface area contributed by atoms with Crippen molar-refractivity contribution in [3.8, 4) is 16.3 Å². The van der Waals surface area contributed by atoms with Crippen LogP contribution in [0.1, 0.15) is 30.1 Å². The van der Waals surface area contributed by atoms with Gasteiger partial charge in [0.1, 0.15) is 10.8 Å². The second kappa shape index (κ2) is 9.87. The number of para-hydroxylation sites is 1. The summed E-state index contributed by atoms with van der Waals surface area (Å²) in [4.78, 5) is 19.7. The Morgan fingerprint density at radius 3 is 2.63 bits per heavy atom. The number of nitrogens with one attached hydrogen (secondary N) is 1. The number of hydrogen-bond donors (Lipinski definition) is 1. The largest absolute Gasteiger partial charge is 0.496 e. The van der Waals surface area contributed by atoms with Gasteiger partial charge in [0.2, 0.25) is 5.91 Å². The van der Waals surface area contributed by atoms with E-state index in [2.05, 4.69) is 21.3 Å². The highest BCUT2D eigenvalue weighted by atomic mass is 32.1. The summed E-state index contributed by atoms with van der Waals surface area (Å²) in [6.45, 7) is 2.66. The highest BCUT2D eigenvalue weighted by Crippen LogP contribution is 2.31. The molecule has 30 heavy (non-hydrogen) atoms. The summed E-state index contributed by atoms with van der Waals surface area (Å²) in [5.74, 6) is 0.870. The minimum absolute atomic E-state index is 0.000920. The molecule has 4 rings (SSSR count). The number of aromatic nitrogens is 1. The van der Waals surface area contributed by atoms with Crippen LogP contribution in [0.2, 0.25) is 0 Å². The zero-order valence-corrected chi connectivity index (χ0v) is 18.0. The molecule has 1 unspecified atom stereocenters. The molecule has 2 heterocycles. The Balaban J connectivity index is 1.41. The number of methoxy groups -OCH3 is 1. The van der Waals surface area contributed by atoms with Crippen molar-refractivity contribution < 1.29 is 9.53 Å². The van der Waals surface area contributed by atoms with Crippen LogP contribution < -0.4 is 10.1 Å². The lowest BCUT2D eigenvalue weighted by Gasteiger charge is -2.29. The van der Waals surface area contributed by atoms with Gasteiger partial charge in [-0.15, -0.1) is 11.3 Å². The van der Waals surface area contributed by atoms with Gasteiger partial charge in [-0.05, 0) is 32.0 Å². The predicted octanol–water partition coefficient (Wildman–Crippen LogP) is 4.31. The smallest absolute Gasteiger partial charge is 0.226 e.